The number of nitrogens with zero attached hydrogens (tertiary/aromatic N) is 2. The maximum Gasteiger partial charge on any atom is 0.327 e. The van der Waals surface area contributed by atoms with Crippen molar-refractivity contribution in [1.29, 1.82) is 0 Å². The Morgan fingerprint density at radius 1 is 1.20 bits per heavy atom. The van der Waals surface area contributed by atoms with Crippen molar-refractivity contribution in [2.24, 2.45) is 0 Å². The number of rotatable bonds is 4. The second-order valence-electron chi connectivity index (χ2n) is 4.65. The number of hydrogen-bond donors (Lipinski definition) is 0. The molecule has 0 saturated heterocycles. The monoisotopic (exact) mass is 274 g/mol. The number of aryl methyl sites for hydroxylation is 1. The van der Waals surface area contributed by atoms with Crippen LogP contribution >= 0.6 is 0 Å². The molecule has 0 heterocycles. The highest BCUT2D eigenvalue weighted by Gasteiger charge is 2.22. The lowest BCUT2D eigenvalue weighted by molar-refractivity contribution is -0.386. The van der Waals surface area contributed by atoms with Gasteiger partial charge in [-0.05, 0) is 30.2 Å². The third-order valence-electron chi connectivity index (χ3n) is 3.23. The van der Waals surface area contributed by atoms with Crippen LogP contribution in [-0.4, -0.2) is 12.0 Å². The Bertz CT molecular complexity index is 644. The molecule has 0 N–H and O–H groups in total. The second-order valence-corrected chi connectivity index (χ2v) is 4.65. The summed E-state index contributed by atoms with van der Waals surface area (Å²) in [5, 5.41) is 11.0. The van der Waals surface area contributed by atoms with Gasteiger partial charge in [0, 0.05) is 13.6 Å². The van der Waals surface area contributed by atoms with E-state index in [1.54, 1.807) is 18.0 Å². The van der Waals surface area contributed by atoms with Gasteiger partial charge in [0.15, 0.2) is 0 Å². The zero-order valence-electron chi connectivity index (χ0n) is 11.3. The summed E-state index contributed by atoms with van der Waals surface area (Å²) in [5.41, 5.74) is 1.94. The molecule has 0 aromatic heterocycles. The molecule has 0 atom stereocenters. The van der Waals surface area contributed by atoms with E-state index < -0.39 is 16.4 Å². The SMILES string of the molecule is Cc1ccccc1CN(C)c1cccc(F)c1[N+](=O)[O-]. The summed E-state index contributed by atoms with van der Waals surface area (Å²) >= 11 is 0. The first-order valence-corrected chi connectivity index (χ1v) is 6.19. The van der Waals surface area contributed by atoms with E-state index in [0.29, 0.717) is 6.54 Å². The van der Waals surface area contributed by atoms with E-state index in [0.717, 1.165) is 17.2 Å². The molecule has 104 valence electrons. The topological polar surface area (TPSA) is 46.4 Å². The highest BCUT2D eigenvalue weighted by molar-refractivity contribution is 5.63. The Morgan fingerprint density at radius 2 is 1.90 bits per heavy atom. The minimum Gasteiger partial charge on any atom is -0.365 e. The normalized spacial score (nSPS) is 10.3. The zero-order valence-corrected chi connectivity index (χ0v) is 11.3. The Labute approximate surface area is 116 Å². The van der Waals surface area contributed by atoms with Crippen molar-refractivity contribution in [1.82, 2.24) is 0 Å². The fourth-order valence-electron chi connectivity index (χ4n) is 2.12. The molecule has 0 bridgehead atoms. The van der Waals surface area contributed by atoms with Gasteiger partial charge in [-0.3, -0.25) is 10.1 Å². The molecular formula is C15H15FN2O2. The van der Waals surface area contributed by atoms with E-state index in [1.165, 1.54) is 6.07 Å². The minimum absolute atomic E-state index is 0.276. The van der Waals surface area contributed by atoms with Crippen LogP contribution in [0.5, 0.6) is 0 Å². The largest absolute Gasteiger partial charge is 0.365 e. The molecule has 0 amide bonds. The highest BCUT2D eigenvalue weighted by atomic mass is 19.1. The average Bonchev–Trinajstić information content (AvgIpc) is 2.40. The van der Waals surface area contributed by atoms with Crippen LogP contribution in [0.2, 0.25) is 0 Å². The van der Waals surface area contributed by atoms with E-state index >= 15 is 0 Å². The lowest BCUT2D eigenvalue weighted by Crippen LogP contribution is -2.18. The van der Waals surface area contributed by atoms with E-state index in [2.05, 4.69) is 0 Å². The van der Waals surface area contributed by atoms with Crippen molar-refractivity contribution in [3.63, 3.8) is 0 Å². The molecule has 0 spiro atoms. The molecule has 2 aromatic rings. The maximum absolute atomic E-state index is 13.6. The third kappa shape index (κ3) is 2.77. The molecular weight excluding hydrogens is 259 g/mol. The number of para-hydroxylation sites is 1. The summed E-state index contributed by atoms with van der Waals surface area (Å²) in [6, 6.07) is 11.9. The van der Waals surface area contributed by atoms with Gasteiger partial charge in [0.1, 0.15) is 5.69 Å². The number of hydrogen-bond acceptors (Lipinski definition) is 3. The van der Waals surface area contributed by atoms with Gasteiger partial charge in [0.05, 0.1) is 4.92 Å². The Balaban J connectivity index is 2.35. The molecule has 0 saturated carbocycles. The van der Waals surface area contributed by atoms with Crippen molar-refractivity contribution in [3.05, 3.63) is 69.5 Å². The number of benzene rings is 2. The minimum atomic E-state index is -0.816. The number of anilines is 1. The van der Waals surface area contributed by atoms with Crippen molar-refractivity contribution in [2.45, 2.75) is 13.5 Å². The molecule has 20 heavy (non-hydrogen) atoms. The van der Waals surface area contributed by atoms with Crippen LogP contribution in [-0.2, 0) is 6.54 Å². The first-order chi connectivity index (χ1) is 9.50. The Hall–Kier alpha value is -2.43. The quantitative estimate of drug-likeness (QED) is 0.631. The zero-order chi connectivity index (χ0) is 14.7. The van der Waals surface area contributed by atoms with Crippen molar-refractivity contribution < 1.29 is 9.31 Å². The van der Waals surface area contributed by atoms with Gasteiger partial charge in [-0.2, -0.15) is 4.39 Å². The fourth-order valence-corrected chi connectivity index (χ4v) is 2.12. The van der Waals surface area contributed by atoms with Crippen molar-refractivity contribution in [2.75, 3.05) is 11.9 Å². The molecule has 5 heteroatoms. The van der Waals surface area contributed by atoms with Crippen LogP contribution in [0.1, 0.15) is 11.1 Å². The summed E-state index contributed by atoms with van der Waals surface area (Å²) < 4.78 is 13.6. The van der Waals surface area contributed by atoms with Crippen LogP contribution in [0.15, 0.2) is 42.5 Å². The van der Waals surface area contributed by atoms with E-state index in [1.807, 2.05) is 31.2 Å². The predicted octanol–water partition coefficient (Wildman–Crippen LogP) is 3.68. The molecule has 0 aliphatic heterocycles. The van der Waals surface area contributed by atoms with E-state index in [4.69, 9.17) is 0 Å². The first kappa shape index (κ1) is 14.0. The second kappa shape index (κ2) is 5.69. The smallest absolute Gasteiger partial charge is 0.327 e. The van der Waals surface area contributed by atoms with Gasteiger partial charge >= 0.3 is 5.69 Å². The molecule has 0 fully saturated rings. The number of nitro benzene ring substituents is 1. The first-order valence-electron chi connectivity index (χ1n) is 6.19. The van der Waals surface area contributed by atoms with Crippen LogP contribution in [0.25, 0.3) is 0 Å². The van der Waals surface area contributed by atoms with Gasteiger partial charge < -0.3 is 4.90 Å². The summed E-state index contributed by atoms with van der Waals surface area (Å²) in [6.07, 6.45) is 0. The maximum atomic E-state index is 13.6. The van der Waals surface area contributed by atoms with Gasteiger partial charge in [0.2, 0.25) is 5.82 Å². The Morgan fingerprint density at radius 3 is 2.55 bits per heavy atom. The lowest BCUT2D eigenvalue weighted by atomic mass is 10.1. The van der Waals surface area contributed by atoms with E-state index in [9.17, 15) is 14.5 Å². The lowest BCUT2D eigenvalue weighted by Gasteiger charge is -2.20. The van der Waals surface area contributed by atoms with Crippen molar-refractivity contribution >= 4 is 11.4 Å². The molecule has 2 rings (SSSR count). The van der Waals surface area contributed by atoms with Gasteiger partial charge in [-0.25, -0.2) is 0 Å². The van der Waals surface area contributed by atoms with Crippen LogP contribution in [0.4, 0.5) is 15.8 Å². The molecule has 0 radical (unpaired) electrons. The molecule has 0 unspecified atom stereocenters. The summed E-state index contributed by atoms with van der Waals surface area (Å²) in [5.74, 6) is -0.816. The molecule has 4 nitrogen and oxygen atoms in total. The molecule has 2 aromatic carbocycles. The average molecular weight is 274 g/mol. The van der Waals surface area contributed by atoms with Crippen molar-refractivity contribution in [3.8, 4) is 0 Å². The predicted molar refractivity (Wildman–Crippen MR) is 76.3 cm³/mol. The van der Waals surface area contributed by atoms with E-state index in [-0.39, 0.29) is 5.69 Å². The van der Waals surface area contributed by atoms with Gasteiger partial charge in [-0.1, -0.05) is 30.3 Å². The summed E-state index contributed by atoms with van der Waals surface area (Å²) in [7, 11) is 1.72. The Kier molecular flexibility index (Phi) is 3.98. The van der Waals surface area contributed by atoms with Crippen LogP contribution in [0, 0.1) is 22.9 Å². The molecule has 0 aliphatic rings. The molecule has 0 aliphatic carbocycles. The standard InChI is InChI=1S/C15H15FN2O2/c1-11-6-3-4-7-12(11)10-17(2)14-9-5-8-13(16)15(14)18(19)20/h3-9H,10H2,1-2H3. The summed E-state index contributed by atoms with van der Waals surface area (Å²) in [6.45, 7) is 2.46. The number of halogens is 1. The van der Waals surface area contributed by atoms with Gasteiger partial charge in [0.25, 0.3) is 0 Å². The van der Waals surface area contributed by atoms with Crippen LogP contribution < -0.4 is 4.90 Å². The fraction of sp³-hybridized carbons (Fsp3) is 0.200. The summed E-state index contributed by atoms with van der Waals surface area (Å²) in [4.78, 5) is 12.0. The van der Waals surface area contributed by atoms with Gasteiger partial charge in [-0.15, -0.1) is 0 Å². The highest BCUT2D eigenvalue weighted by Crippen LogP contribution is 2.31. The van der Waals surface area contributed by atoms with Crippen LogP contribution in [0.3, 0.4) is 0 Å². The number of nitro groups is 1. The third-order valence-corrected chi connectivity index (χ3v) is 3.23.